The Morgan fingerprint density at radius 2 is 0.884 bits per heavy atom. The Kier molecular flexibility index (Phi) is 34.4. The Labute approximate surface area is 269 Å². The minimum Gasteiger partial charge on any atom is -0.394 e. The zero-order valence-electron chi connectivity index (χ0n) is 29.0. The Bertz CT molecular complexity index is 618. The molecule has 4 heteroatoms. The molecule has 2 unspecified atom stereocenters. The van der Waals surface area contributed by atoms with Crippen LogP contribution in [0.15, 0.2) is 24.3 Å². The van der Waals surface area contributed by atoms with Crippen LogP contribution in [0.25, 0.3) is 0 Å². The van der Waals surface area contributed by atoms with Crippen LogP contribution in [-0.4, -0.2) is 34.9 Å². The van der Waals surface area contributed by atoms with Crippen molar-refractivity contribution >= 4 is 5.91 Å². The van der Waals surface area contributed by atoms with E-state index in [1.54, 1.807) is 6.08 Å². The summed E-state index contributed by atoms with van der Waals surface area (Å²) >= 11 is 0. The number of aliphatic hydroxyl groups excluding tert-OH is 2. The first kappa shape index (κ1) is 41.9. The van der Waals surface area contributed by atoms with Gasteiger partial charge >= 0.3 is 0 Å². The van der Waals surface area contributed by atoms with Crippen LogP contribution >= 0.6 is 0 Å². The van der Waals surface area contributed by atoms with E-state index < -0.39 is 12.1 Å². The highest BCUT2D eigenvalue weighted by atomic mass is 16.3. The lowest BCUT2D eigenvalue weighted by Crippen LogP contribution is -2.45. The fourth-order valence-corrected chi connectivity index (χ4v) is 5.70. The number of nitrogens with one attached hydrogen (secondary N) is 1. The summed E-state index contributed by atoms with van der Waals surface area (Å²) in [5.41, 5.74) is 0. The van der Waals surface area contributed by atoms with Crippen LogP contribution in [-0.2, 0) is 4.79 Å². The maximum absolute atomic E-state index is 12.3. The molecule has 0 spiro atoms. The molecule has 4 nitrogen and oxygen atoms in total. The molecule has 43 heavy (non-hydrogen) atoms. The molecule has 254 valence electrons. The van der Waals surface area contributed by atoms with Gasteiger partial charge in [-0.3, -0.25) is 4.79 Å². The number of rotatable bonds is 34. The molecule has 0 aliphatic heterocycles. The first-order chi connectivity index (χ1) is 21.2. The molecule has 0 radical (unpaired) electrons. The number of aliphatic hydroxyl groups is 2. The van der Waals surface area contributed by atoms with Crippen LogP contribution in [0.5, 0.6) is 0 Å². The molecule has 0 fully saturated rings. The van der Waals surface area contributed by atoms with Crippen molar-refractivity contribution in [3.05, 3.63) is 24.3 Å². The van der Waals surface area contributed by atoms with Gasteiger partial charge in [0.05, 0.1) is 18.8 Å². The lowest BCUT2D eigenvalue weighted by Gasteiger charge is -2.20. The van der Waals surface area contributed by atoms with Gasteiger partial charge in [0.2, 0.25) is 5.91 Å². The highest BCUT2D eigenvalue weighted by molar-refractivity contribution is 5.76. The summed E-state index contributed by atoms with van der Waals surface area (Å²) in [6, 6.07) is -0.619. The standard InChI is InChI=1S/C39H75NO3/c1-3-5-7-9-11-13-14-15-16-17-18-19-20-21-22-23-24-25-27-29-31-33-35-39(43)40-37(36-41)38(42)34-32-30-28-26-12-10-8-6-4-2/h20-21,32,34,37-38,41-42H,3-19,22-31,33,35-36H2,1-2H3,(H,40,43)/b21-20-,34-32+. The average Bonchev–Trinajstić information content (AvgIpc) is 3.01. The number of carbonyl (C=O) groups excluding carboxylic acids is 1. The van der Waals surface area contributed by atoms with Crippen molar-refractivity contribution < 1.29 is 15.0 Å². The number of amides is 1. The fraction of sp³-hybridized carbons (Fsp3) is 0.872. The van der Waals surface area contributed by atoms with E-state index in [2.05, 4.69) is 31.3 Å². The molecule has 0 aromatic rings. The van der Waals surface area contributed by atoms with Gasteiger partial charge < -0.3 is 15.5 Å². The Morgan fingerprint density at radius 1 is 0.535 bits per heavy atom. The number of carbonyl (C=O) groups is 1. The van der Waals surface area contributed by atoms with Crippen molar-refractivity contribution in [1.82, 2.24) is 5.32 Å². The van der Waals surface area contributed by atoms with Crippen LogP contribution < -0.4 is 5.32 Å². The van der Waals surface area contributed by atoms with E-state index in [1.165, 1.54) is 154 Å². The van der Waals surface area contributed by atoms with Crippen LogP contribution in [0.2, 0.25) is 0 Å². The Morgan fingerprint density at radius 3 is 1.28 bits per heavy atom. The van der Waals surface area contributed by atoms with Gasteiger partial charge in [0.25, 0.3) is 0 Å². The Hall–Kier alpha value is -1.13. The first-order valence-electron chi connectivity index (χ1n) is 19.1. The van der Waals surface area contributed by atoms with Crippen molar-refractivity contribution in [2.24, 2.45) is 0 Å². The second kappa shape index (κ2) is 35.4. The average molecular weight is 606 g/mol. The highest BCUT2D eigenvalue weighted by Crippen LogP contribution is 2.14. The molecule has 0 aliphatic carbocycles. The zero-order chi connectivity index (χ0) is 31.5. The lowest BCUT2D eigenvalue weighted by atomic mass is 10.0. The SMILES string of the molecule is CCCCCCCCC/C=C/C(O)C(CO)NC(=O)CCCCCCCCC/C=C\CCCCCCCCCCCCC. The fourth-order valence-electron chi connectivity index (χ4n) is 5.70. The predicted octanol–water partition coefficient (Wildman–Crippen LogP) is 11.3. The van der Waals surface area contributed by atoms with Crippen LogP contribution in [0, 0.1) is 0 Å². The molecule has 0 saturated heterocycles. The number of allylic oxidation sites excluding steroid dienone is 3. The van der Waals surface area contributed by atoms with E-state index in [1.807, 2.05) is 6.08 Å². The molecule has 2 atom stereocenters. The first-order valence-corrected chi connectivity index (χ1v) is 19.1. The zero-order valence-corrected chi connectivity index (χ0v) is 29.0. The molecule has 0 aromatic carbocycles. The number of hydrogen-bond acceptors (Lipinski definition) is 3. The molecular formula is C39H75NO3. The summed E-state index contributed by atoms with van der Waals surface area (Å²) in [4.78, 5) is 12.3. The predicted molar refractivity (Wildman–Crippen MR) is 189 cm³/mol. The third kappa shape index (κ3) is 32.1. The van der Waals surface area contributed by atoms with Gasteiger partial charge in [-0.05, 0) is 44.9 Å². The van der Waals surface area contributed by atoms with Gasteiger partial charge in [-0.2, -0.15) is 0 Å². The number of hydrogen-bond donors (Lipinski definition) is 3. The molecule has 0 bridgehead atoms. The van der Waals surface area contributed by atoms with E-state index in [4.69, 9.17) is 0 Å². The van der Waals surface area contributed by atoms with Gasteiger partial charge in [0, 0.05) is 6.42 Å². The second-order valence-corrected chi connectivity index (χ2v) is 13.0. The van der Waals surface area contributed by atoms with E-state index in [9.17, 15) is 15.0 Å². The van der Waals surface area contributed by atoms with Gasteiger partial charge in [0.1, 0.15) is 0 Å². The van der Waals surface area contributed by atoms with Gasteiger partial charge in [-0.15, -0.1) is 0 Å². The quantitative estimate of drug-likeness (QED) is 0.0505. The minimum atomic E-state index is -0.835. The Balaban J connectivity index is 3.53. The molecule has 1 amide bonds. The monoisotopic (exact) mass is 606 g/mol. The molecule has 0 aromatic heterocycles. The maximum Gasteiger partial charge on any atom is 0.220 e. The van der Waals surface area contributed by atoms with E-state index in [0.717, 1.165) is 25.7 Å². The van der Waals surface area contributed by atoms with E-state index in [-0.39, 0.29) is 12.5 Å². The summed E-state index contributed by atoms with van der Waals surface area (Å²) in [5, 5.41) is 22.8. The minimum absolute atomic E-state index is 0.0708. The molecule has 0 saturated carbocycles. The second-order valence-electron chi connectivity index (χ2n) is 13.0. The number of unbranched alkanes of at least 4 members (excludes halogenated alkanes) is 25. The highest BCUT2D eigenvalue weighted by Gasteiger charge is 2.17. The lowest BCUT2D eigenvalue weighted by molar-refractivity contribution is -0.123. The third-order valence-electron chi connectivity index (χ3n) is 8.68. The molecule has 3 N–H and O–H groups in total. The maximum atomic E-state index is 12.3. The smallest absolute Gasteiger partial charge is 0.220 e. The van der Waals surface area contributed by atoms with Gasteiger partial charge in [-0.25, -0.2) is 0 Å². The van der Waals surface area contributed by atoms with Crippen LogP contribution in [0.3, 0.4) is 0 Å². The van der Waals surface area contributed by atoms with Crippen LogP contribution in [0.1, 0.15) is 200 Å². The largest absolute Gasteiger partial charge is 0.394 e. The molecular weight excluding hydrogens is 530 g/mol. The van der Waals surface area contributed by atoms with Crippen molar-refractivity contribution in [2.75, 3.05) is 6.61 Å². The normalized spacial score (nSPS) is 13.3. The molecule has 0 heterocycles. The van der Waals surface area contributed by atoms with Gasteiger partial charge in [0.15, 0.2) is 0 Å². The molecule has 0 aliphatic rings. The summed E-state index contributed by atoms with van der Waals surface area (Å²) < 4.78 is 0. The summed E-state index contributed by atoms with van der Waals surface area (Å²) in [6.07, 6.45) is 44.2. The van der Waals surface area contributed by atoms with E-state index in [0.29, 0.717) is 6.42 Å². The van der Waals surface area contributed by atoms with Crippen LogP contribution in [0.4, 0.5) is 0 Å². The van der Waals surface area contributed by atoms with Crippen molar-refractivity contribution in [2.45, 2.75) is 212 Å². The molecule has 0 rings (SSSR count). The summed E-state index contributed by atoms with van der Waals surface area (Å²) in [6.45, 7) is 4.28. The van der Waals surface area contributed by atoms with Gasteiger partial charge in [-0.1, -0.05) is 173 Å². The van der Waals surface area contributed by atoms with Crippen molar-refractivity contribution in [3.8, 4) is 0 Å². The third-order valence-corrected chi connectivity index (χ3v) is 8.68. The van der Waals surface area contributed by atoms with E-state index >= 15 is 0 Å². The van der Waals surface area contributed by atoms with Crippen molar-refractivity contribution in [1.29, 1.82) is 0 Å². The topological polar surface area (TPSA) is 69.6 Å². The summed E-state index contributed by atoms with van der Waals surface area (Å²) in [5.74, 6) is -0.0708. The van der Waals surface area contributed by atoms with Crippen molar-refractivity contribution in [3.63, 3.8) is 0 Å². The summed E-state index contributed by atoms with van der Waals surface area (Å²) in [7, 11) is 0.